The monoisotopic (exact) mass is 385 g/mol. The fourth-order valence-electron chi connectivity index (χ4n) is 3.50. The molecule has 1 aliphatic heterocycles. The van der Waals surface area contributed by atoms with Gasteiger partial charge in [-0.1, -0.05) is 12.1 Å². The molecule has 1 amide bonds. The molecule has 0 aromatic heterocycles. The van der Waals surface area contributed by atoms with Crippen molar-refractivity contribution in [3.05, 3.63) is 53.1 Å². The second-order valence-corrected chi connectivity index (χ2v) is 8.99. The van der Waals surface area contributed by atoms with E-state index in [1.165, 1.54) is 6.07 Å². The summed E-state index contributed by atoms with van der Waals surface area (Å²) < 4.78 is 27.7. The van der Waals surface area contributed by atoms with Crippen LogP contribution in [0.15, 0.2) is 41.3 Å². The number of carbonyl (C=O) groups is 1. The lowest BCUT2D eigenvalue weighted by atomic mass is 9.98. The van der Waals surface area contributed by atoms with Gasteiger partial charge in [0.2, 0.25) is 10.0 Å². The number of hydrogen-bond donors (Lipinski definition) is 2. The van der Waals surface area contributed by atoms with E-state index in [-0.39, 0.29) is 16.8 Å². The van der Waals surface area contributed by atoms with Crippen LogP contribution in [0.5, 0.6) is 0 Å². The lowest BCUT2D eigenvalue weighted by Crippen LogP contribution is -2.36. The Bertz CT molecular complexity index is 1010. The van der Waals surface area contributed by atoms with Crippen molar-refractivity contribution in [2.45, 2.75) is 43.5 Å². The normalized spacial score (nSPS) is 16.9. The summed E-state index contributed by atoms with van der Waals surface area (Å²) in [4.78, 5) is 15.1. The van der Waals surface area contributed by atoms with E-state index in [1.807, 2.05) is 25.1 Å². The minimum atomic E-state index is -3.61. The largest absolute Gasteiger partial charge is 0.398 e. The van der Waals surface area contributed by atoms with Gasteiger partial charge in [0.1, 0.15) is 0 Å². The molecule has 4 rings (SSSR count). The Hall–Kier alpha value is -2.38. The van der Waals surface area contributed by atoms with Crippen LogP contribution in [0.25, 0.3) is 0 Å². The number of anilines is 2. The predicted molar refractivity (Wildman–Crippen MR) is 105 cm³/mol. The number of carbonyl (C=O) groups excluding carboxylic acids is 1. The summed E-state index contributed by atoms with van der Waals surface area (Å²) in [6.45, 7) is 2.41. The van der Waals surface area contributed by atoms with Crippen LogP contribution in [-0.4, -0.2) is 26.9 Å². The first-order chi connectivity index (χ1) is 12.9. The molecule has 0 spiro atoms. The molecule has 0 atom stereocenters. The summed E-state index contributed by atoms with van der Waals surface area (Å²) in [6.07, 6.45) is 3.39. The van der Waals surface area contributed by atoms with E-state index < -0.39 is 10.0 Å². The maximum Gasteiger partial charge on any atom is 0.258 e. The van der Waals surface area contributed by atoms with E-state index in [0.29, 0.717) is 17.8 Å². The number of fused-ring (bicyclic) bond motifs is 1. The van der Waals surface area contributed by atoms with Gasteiger partial charge in [-0.3, -0.25) is 4.79 Å². The van der Waals surface area contributed by atoms with Gasteiger partial charge in [-0.25, -0.2) is 13.1 Å². The van der Waals surface area contributed by atoms with Crippen molar-refractivity contribution in [1.29, 1.82) is 0 Å². The fraction of sp³-hybridized carbons (Fsp3) is 0.350. The average Bonchev–Trinajstić information content (AvgIpc) is 3.44. The molecule has 0 bridgehead atoms. The zero-order valence-electron chi connectivity index (χ0n) is 15.2. The summed E-state index contributed by atoms with van der Waals surface area (Å²) in [7, 11) is -3.61. The van der Waals surface area contributed by atoms with Crippen molar-refractivity contribution >= 4 is 27.3 Å². The van der Waals surface area contributed by atoms with Crippen molar-refractivity contribution in [3.8, 4) is 0 Å². The Morgan fingerprint density at radius 2 is 2.00 bits per heavy atom. The fourth-order valence-corrected chi connectivity index (χ4v) is 4.83. The number of amides is 1. The first-order valence-electron chi connectivity index (χ1n) is 9.19. The molecule has 0 radical (unpaired) electrons. The Labute approximate surface area is 159 Å². The molecule has 1 fully saturated rings. The van der Waals surface area contributed by atoms with Gasteiger partial charge < -0.3 is 10.6 Å². The van der Waals surface area contributed by atoms with Crippen molar-refractivity contribution < 1.29 is 13.2 Å². The maximum absolute atomic E-state index is 13.3. The molecule has 142 valence electrons. The molecule has 2 aromatic carbocycles. The molecule has 0 saturated heterocycles. The second kappa shape index (κ2) is 6.65. The molecule has 1 heterocycles. The third-order valence-corrected chi connectivity index (χ3v) is 6.70. The summed E-state index contributed by atoms with van der Waals surface area (Å²) >= 11 is 0. The van der Waals surface area contributed by atoms with Gasteiger partial charge in [-0.05, 0) is 68.0 Å². The molecular weight excluding hydrogens is 362 g/mol. The van der Waals surface area contributed by atoms with Gasteiger partial charge in [0, 0.05) is 29.5 Å². The Balaban J connectivity index is 1.71. The van der Waals surface area contributed by atoms with E-state index in [0.717, 1.165) is 42.5 Å². The van der Waals surface area contributed by atoms with Crippen LogP contribution in [0.4, 0.5) is 11.4 Å². The number of sulfonamides is 1. The lowest BCUT2D eigenvalue weighted by molar-refractivity contribution is 0.0984. The van der Waals surface area contributed by atoms with Crippen LogP contribution in [0, 0.1) is 6.92 Å². The average molecular weight is 385 g/mol. The van der Waals surface area contributed by atoms with Crippen molar-refractivity contribution in [2.24, 2.45) is 0 Å². The lowest BCUT2D eigenvalue weighted by Gasteiger charge is -2.30. The number of nitrogens with one attached hydrogen (secondary N) is 1. The van der Waals surface area contributed by atoms with E-state index in [9.17, 15) is 13.2 Å². The number of hydrogen-bond acceptors (Lipinski definition) is 4. The van der Waals surface area contributed by atoms with Crippen molar-refractivity contribution in [2.75, 3.05) is 17.2 Å². The van der Waals surface area contributed by atoms with Gasteiger partial charge in [0.15, 0.2) is 0 Å². The molecule has 27 heavy (non-hydrogen) atoms. The van der Waals surface area contributed by atoms with Crippen molar-refractivity contribution in [1.82, 2.24) is 4.72 Å². The SMILES string of the molecule is Cc1ccc(S(=O)(=O)NC2CC2)cc1C(=O)N1CCCc2c(N)cccc21. The smallest absolute Gasteiger partial charge is 0.258 e. The zero-order chi connectivity index (χ0) is 19.2. The highest BCUT2D eigenvalue weighted by atomic mass is 32.2. The molecule has 2 aliphatic rings. The van der Waals surface area contributed by atoms with Gasteiger partial charge in [0.05, 0.1) is 4.90 Å². The van der Waals surface area contributed by atoms with Gasteiger partial charge in [-0.15, -0.1) is 0 Å². The number of rotatable bonds is 4. The number of aryl methyl sites for hydroxylation is 1. The van der Waals surface area contributed by atoms with Crippen LogP contribution in [0.2, 0.25) is 0 Å². The maximum atomic E-state index is 13.3. The quantitative estimate of drug-likeness (QED) is 0.791. The second-order valence-electron chi connectivity index (χ2n) is 7.28. The number of benzene rings is 2. The number of nitrogens with zero attached hydrogens (tertiary/aromatic N) is 1. The Morgan fingerprint density at radius 1 is 1.22 bits per heavy atom. The predicted octanol–water partition coefficient (Wildman–Crippen LogP) is 2.61. The third-order valence-electron chi connectivity index (χ3n) is 5.18. The first kappa shape index (κ1) is 18.0. The van der Waals surface area contributed by atoms with E-state index in [4.69, 9.17) is 5.73 Å². The van der Waals surface area contributed by atoms with Gasteiger partial charge in [-0.2, -0.15) is 0 Å². The third kappa shape index (κ3) is 3.44. The highest BCUT2D eigenvalue weighted by Gasteiger charge is 2.30. The molecule has 1 aliphatic carbocycles. The molecule has 2 aromatic rings. The zero-order valence-corrected chi connectivity index (χ0v) is 16.1. The van der Waals surface area contributed by atoms with E-state index in [2.05, 4.69) is 4.72 Å². The molecule has 1 saturated carbocycles. The highest BCUT2D eigenvalue weighted by Crippen LogP contribution is 2.33. The number of nitrogen functional groups attached to an aromatic ring is 1. The summed E-state index contributed by atoms with van der Waals surface area (Å²) in [5.74, 6) is -0.192. The van der Waals surface area contributed by atoms with Crippen LogP contribution in [0.1, 0.15) is 40.7 Å². The molecule has 0 unspecified atom stereocenters. The van der Waals surface area contributed by atoms with Crippen LogP contribution in [0.3, 0.4) is 0 Å². The molecule has 3 N–H and O–H groups in total. The van der Waals surface area contributed by atoms with Gasteiger partial charge >= 0.3 is 0 Å². The number of nitrogens with two attached hydrogens (primary N) is 1. The minimum Gasteiger partial charge on any atom is -0.398 e. The van der Waals surface area contributed by atoms with E-state index >= 15 is 0 Å². The van der Waals surface area contributed by atoms with Crippen LogP contribution < -0.4 is 15.4 Å². The standard InChI is InChI=1S/C20H23N3O3S/c1-13-7-10-15(27(25,26)22-14-8-9-14)12-17(13)20(24)23-11-3-4-16-18(21)5-2-6-19(16)23/h2,5-7,10,12,14,22H,3-4,8-9,11,21H2,1H3. The van der Waals surface area contributed by atoms with Crippen LogP contribution >= 0.6 is 0 Å². The Morgan fingerprint density at radius 3 is 2.74 bits per heavy atom. The van der Waals surface area contributed by atoms with Crippen LogP contribution in [-0.2, 0) is 16.4 Å². The highest BCUT2D eigenvalue weighted by molar-refractivity contribution is 7.89. The van der Waals surface area contributed by atoms with Crippen molar-refractivity contribution in [3.63, 3.8) is 0 Å². The topological polar surface area (TPSA) is 92.5 Å². The minimum absolute atomic E-state index is 0.0207. The molecule has 7 heteroatoms. The summed E-state index contributed by atoms with van der Waals surface area (Å²) in [5, 5.41) is 0. The summed E-state index contributed by atoms with van der Waals surface area (Å²) in [5.41, 5.74) is 9.72. The summed E-state index contributed by atoms with van der Waals surface area (Å²) in [6, 6.07) is 10.3. The Kier molecular flexibility index (Phi) is 4.44. The van der Waals surface area contributed by atoms with E-state index in [1.54, 1.807) is 17.0 Å². The first-order valence-corrected chi connectivity index (χ1v) is 10.7. The van der Waals surface area contributed by atoms with Gasteiger partial charge in [0.25, 0.3) is 5.91 Å². The molecule has 6 nitrogen and oxygen atoms in total. The molecular formula is C20H23N3O3S.